The van der Waals surface area contributed by atoms with Crippen molar-refractivity contribution in [1.82, 2.24) is 10.2 Å². The number of halogens is 1. The van der Waals surface area contributed by atoms with E-state index in [9.17, 15) is 18.0 Å². The summed E-state index contributed by atoms with van der Waals surface area (Å²) in [5, 5.41) is 3.12. The van der Waals surface area contributed by atoms with Crippen LogP contribution in [-0.2, 0) is 26.2 Å². The van der Waals surface area contributed by atoms with Crippen LogP contribution in [0.1, 0.15) is 31.4 Å². The molecule has 174 valence electrons. The van der Waals surface area contributed by atoms with Crippen LogP contribution in [0.15, 0.2) is 48.5 Å². The van der Waals surface area contributed by atoms with Crippen molar-refractivity contribution in [3.63, 3.8) is 0 Å². The Morgan fingerprint density at radius 3 is 2.28 bits per heavy atom. The van der Waals surface area contributed by atoms with E-state index in [4.69, 9.17) is 11.6 Å². The van der Waals surface area contributed by atoms with Crippen molar-refractivity contribution in [3.8, 4) is 0 Å². The van der Waals surface area contributed by atoms with Crippen LogP contribution in [0.3, 0.4) is 0 Å². The number of aryl methyl sites for hydroxylation is 1. The Bertz CT molecular complexity index is 1040. The predicted molar refractivity (Wildman–Crippen MR) is 128 cm³/mol. The molecule has 2 amide bonds. The molecule has 0 saturated heterocycles. The maximum atomic E-state index is 13.4. The lowest BCUT2D eigenvalue weighted by molar-refractivity contribution is -0.140. The number of rotatable bonds is 10. The van der Waals surface area contributed by atoms with Crippen LogP contribution < -0.4 is 9.62 Å². The third-order valence-corrected chi connectivity index (χ3v) is 6.36. The highest BCUT2D eigenvalue weighted by Crippen LogP contribution is 2.23. The molecule has 1 N–H and O–H groups in total. The maximum absolute atomic E-state index is 13.4. The van der Waals surface area contributed by atoms with Gasteiger partial charge in [-0.2, -0.15) is 0 Å². The fraction of sp³-hybridized carbons (Fsp3) is 0.391. The first-order chi connectivity index (χ1) is 15.1. The van der Waals surface area contributed by atoms with Gasteiger partial charge in [-0.15, -0.1) is 0 Å². The number of carbonyl (C=O) groups is 2. The van der Waals surface area contributed by atoms with Crippen molar-refractivity contribution in [2.45, 2.75) is 39.8 Å². The maximum Gasteiger partial charge on any atom is 0.244 e. The third kappa shape index (κ3) is 6.97. The van der Waals surface area contributed by atoms with Crippen LogP contribution in [0.25, 0.3) is 0 Å². The lowest BCUT2D eigenvalue weighted by Crippen LogP contribution is -2.52. The van der Waals surface area contributed by atoms with Crippen molar-refractivity contribution in [2.24, 2.45) is 0 Å². The van der Waals surface area contributed by atoms with E-state index in [1.54, 1.807) is 25.1 Å². The zero-order valence-corrected chi connectivity index (χ0v) is 20.4. The lowest BCUT2D eigenvalue weighted by Gasteiger charge is -2.32. The molecule has 0 aromatic heterocycles. The first kappa shape index (κ1) is 25.7. The van der Waals surface area contributed by atoms with Crippen molar-refractivity contribution >= 4 is 39.1 Å². The molecular formula is C23H30ClN3O4S. The van der Waals surface area contributed by atoms with Gasteiger partial charge in [0.25, 0.3) is 0 Å². The van der Waals surface area contributed by atoms with E-state index in [0.717, 1.165) is 21.7 Å². The number of hydrogen-bond donors (Lipinski definition) is 1. The molecule has 0 aliphatic heterocycles. The van der Waals surface area contributed by atoms with Gasteiger partial charge in [0.1, 0.15) is 12.6 Å². The predicted octanol–water partition coefficient (Wildman–Crippen LogP) is 3.36. The molecule has 7 nitrogen and oxygen atoms in total. The van der Waals surface area contributed by atoms with Crippen molar-refractivity contribution in [3.05, 3.63) is 64.7 Å². The molecule has 0 aliphatic carbocycles. The zero-order chi connectivity index (χ0) is 23.9. The van der Waals surface area contributed by atoms with Crippen LogP contribution in [0.2, 0.25) is 5.02 Å². The first-order valence-electron chi connectivity index (χ1n) is 10.4. The lowest BCUT2D eigenvalue weighted by atomic mass is 10.1. The normalized spacial score (nSPS) is 12.2. The number of sulfonamides is 1. The van der Waals surface area contributed by atoms with Gasteiger partial charge in [-0.3, -0.25) is 13.9 Å². The number of nitrogens with one attached hydrogen (secondary N) is 1. The highest BCUT2D eigenvalue weighted by Gasteiger charge is 2.31. The number of anilines is 1. The highest BCUT2D eigenvalue weighted by atomic mass is 35.5. The Balaban J connectivity index is 2.42. The van der Waals surface area contributed by atoms with Crippen LogP contribution in [-0.4, -0.2) is 50.5 Å². The van der Waals surface area contributed by atoms with Gasteiger partial charge in [-0.25, -0.2) is 8.42 Å². The summed E-state index contributed by atoms with van der Waals surface area (Å²) in [7, 11) is -3.78. The van der Waals surface area contributed by atoms with E-state index in [1.165, 1.54) is 11.0 Å². The minimum atomic E-state index is -3.78. The van der Waals surface area contributed by atoms with Crippen LogP contribution >= 0.6 is 11.6 Å². The average molecular weight is 480 g/mol. The number of nitrogens with zero attached hydrogens (tertiary/aromatic N) is 2. The summed E-state index contributed by atoms with van der Waals surface area (Å²) in [6, 6.07) is 13.2. The Morgan fingerprint density at radius 1 is 1.09 bits per heavy atom. The highest BCUT2D eigenvalue weighted by molar-refractivity contribution is 7.92. The molecule has 2 aromatic rings. The second-order valence-corrected chi connectivity index (χ2v) is 9.92. The molecule has 2 aromatic carbocycles. The summed E-state index contributed by atoms with van der Waals surface area (Å²) >= 11 is 6.04. The van der Waals surface area contributed by atoms with E-state index < -0.39 is 28.5 Å². The van der Waals surface area contributed by atoms with Crippen molar-refractivity contribution < 1.29 is 18.0 Å². The molecule has 0 bridgehead atoms. The molecule has 0 unspecified atom stereocenters. The summed E-state index contributed by atoms with van der Waals surface area (Å²) in [5.74, 6) is -0.752. The van der Waals surface area contributed by atoms with Gasteiger partial charge < -0.3 is 10.2 Å². The topological polar surface area (TPSA) is 86.8 Å². The third-order valence-electron chi connectivity index (χ3n) is 4.99. The molecule has 0 spiro atoms. The minimum absolute atomic E-state index is 0.182. The monoisotopic (exact) mass is 479 g/mol. The van der Waals surface area contributed by atoms with Gasteiger partial charge >= 0.3 is 0 Å². The minimum Gasteiger partial charge on any atom is -0.355 e. The Kier molecular flexibility index (Phi) is 9.09. The molecule has 2 rings (SSSR count). The molecule has 0 radical (unpaired) electrons. The fourth-order valence-electron chi connectivity index (χ4n) is 3.35. The van der Waals surface area contributed by atoms with E-state index in [2.05, 4.69) is 5.32 Å². The molecule has 1 atom stereocenters. The van der Waals surface area contributed by atoms with E-state index >= 15 is 0 Å². The number of carbonyl (C=O) groups excluding carboxylic acids is 2. The molecule has 32 heavy (non-hydrogen) atoms. The molecule has 9 heteroatoms. The van der Waals surface area contributed by atoms with E-state index in [-0.39, 0.29) is 18.1 Å². The Labute approximate surface area is 195 Å². The zero-order valence-electron chi connectivity index (χ0n) is 18.8. The fourth-order valence-corrected chi connectivity index (χ4v) is 4.37. The van der Waals surface area contributed by atoms with E-state index in [0.29, 0.717) is 18.0 Å². The smallest absolute Gasteiger partial charge is 0.244 e. The summed E-state index contributed by atoms with van der Waals surface area (Å²) in [6.45, 7) is 5.76. The van der Waals surface area contributed by atoms with Gasteiger partial charge in [0.05, 0.1) is 11.9 Å². The Morgan fingerprint density at radius 2 is 1.75 bits per heavy atom. The molecule has 0 heterocycles. The summed E-state index contributed by atoms with van der Waals surface area (Å²) in [6.07, 6.45) is 1.42. The number of benzene rings is 2. The largest absolute Gasteiger partial charge is 0.355 e. The quantitative estimate of drug-likeness (QED) is 0.566. The van der Waals surface area contributed by atoms with Gasteiger partial charge in [-0.1, -0.05) is 54.4 Å². The molecule has 0 fully saturated rings. The van der Waals surface area contributed by atoms with Crippen molar-refractivity contribution in [1.29, 1.82) is 0 Å². The summed E-state index contributed by atoms with van der Waals surface area (Å²) in [5.41, 5.74) is 2.21. The number of amides is 2. The van der Waals surface area contributed by atoms with Gasteiger partial charge in [-0.05, 0) is 44.0 Å². The van der Waals surface area contributed by atoms with E-state index in [1.807, 2.05) is 38.1 Å². The summed E-state index contributed by atoms with van der Waals surface area (Å²) in [4.78, 5) is 27.6. The van der Waals surface area contributed by atoms with Crippen LogP contribution in [0.5, 0.6) is 0 Å². The second kappa shape index (κ2) is 11.3. The molecular weight excluding hydrogens is 450 g/mol. The first-order valence-corrected chi connectivity index (χ1v) is 12.7. The molecule has 0 aliphatic rings. The van der Waals surface area contributed by atoms with Crippen molar-refractivity contribution in [2.75, 3.05) is 23.7 Å². The standard InChI is InChI=1S/C23H30ClN3O4S/c1-5-21(23(29)25-6-2)26(15-18-12-10-17(3)11-13-18)22(28)16-27(32(4,30)31)20-9-7-8-19(24)14-20/h7-14,21H,5-6,15-16H2,1-4H3,(H,25,29)/t21-/m0/s1. The molecule has 0 saturated carbocycles. The van der Waals surface area contributed by atoms with Gasteiger partial charge in [0.2, 0.25) is 21.8 Å². The average Bonchev–Trinajstić information content (AvgIpc) is 2.72. The number of hydrogen-bond acceptors (Lipinski definition) is 4. The number of likely N-dealkylation sites (N-methyl/N-ethyl adjacent to an activating group) is 1. The summed E-state index contributed by atoms with van der Waals surface area (Å²) < 4.78 is 26.0. The van der Waals surface area contributed by atoms with Gasteiger partial charge in [0.15, 0.2) is 0 Å². The van der Waals surface area contributed by atoms with Crippen LogP contribution in [0.4, 0.5) is 5.69 Å². The van der Waals surface area contributed by atoms with Crippen LogP contribution in [0, 0.1) is 6.92 Å². The second-order valence-electron chi connectivity index (χ2n) is 7.58. The van der Waals surface area contributed by atoms with Gasteiger partial charge in [0, 0.05) is 18.1 Å². The Hall–Kier alpha value is -2.58. The SMILES string of the molecule is CCNC(=O)[C@H](CC)N(Cc1ccc(C)cc1)C(=O)CN(c1cccc(Cl)c1)S(C)(=O)=O.